The highest BCUT2D eigenvalue weighted by atomic mass is 32.2. The molecular weight excluding hydrogens is 320 g/mol. The summed E-state index contributed by atoms with van der Waals surface area (Å²) >= 11 is 9.64. The van der Waals surface area contributed by atoms with Gasteiger partial charge in [-0.05, 0) is 30.8 Å². The van der Waals surface area contributed by atoms with E-state index in [1.807, 2.05) is 17.8 Å². The number of rotatable bonds is 5. The molecule has 1 aliphatic heterocycles. The minimum Gasteiger partial charge on any atom is -0.491 e. The zero-order chi connectivity index (χ0) is 14.7. The van der Waals surface area contributed by atoms with Crippen molar-refractivity contribution in [3.8, 4) is 5.75 Å². The number of imidazole rings is 1. The van der Waals surface area contributed by atoms with Crippen LogP contribution < -0.4 is 4.74 Å². The molecule has 1 N–H and O–H groups in total. The predicted molar refractivity (Wildman–Crippen MR) is 96.5 cm³/mol. The molecular formula is C15H20N2OS3. The molecule has 0 amide bonds. The number of fused-ring (bicyclic) bond motifs is 1. The molecule has 0 radical (unpaired) electrons. The second kappa shape index (κ2) is 7.11. The largest absolute Gasteiger partial charge is 0.491 e. The molecule has 114 valence electrons. The summed E-state index contributed by atoms with van der Waals surface area (Å²) < 4.78 is 8.86. The van der Waals surface area contributed by atoms with Crippen LogP contribution in [0.5, 0.6) is 5.75 Å². The molecule has 3 rings (SSSR count). The molecule has 0 aliphatic carbocycles. The van der Waals surface area contributed by atoms with Gasteiger partial charge in [-0.2, -0.15) is 23.5 Å². The highest BCUT2D eigenvalue weighted by Gasteiger charge is 2.17. The topological polar surface area (TPSA) is 29.9 Å². The van der Waals surface area contributed by atoms with Gasteiger partial charge in [0.15, 0.2) is 4.77 Å². The summed E-state index contributed by atoms with van der Waals surface area (Å²) in [6.45, 7) is 3.83. The molecule has 0 spiro atoms. The lowest BCUT2D eigenvalue weighted by Crippen LogP contribution is -2.20. The monoisotopic (exact) mass is 340 g/mol. The quantitative estimate of drug-likeness (QED) is 0.820. The van der Waals surface area contributed by atoms with Gasteiger partial charge in [-0.3, -0.25) is 0 Å². The lowest BCUT2D eigenvalue weighted by Gasteiger charge is -2.21. The maximum Gasteiger partial charge on any atom is 0.178 e. The number of nitrogens with one attached hydrogen (secondary N) is 1. The molecule has 1 aliphatic rings. The van der Waals surface area contributed by atoms with E-state index in [9.17, 15) is 0 Å². The normalized spacial score (nSPS) is 19.0. The van der Waals surface area contributed by atoms with E-state index in [-0.39, 0.29) is 0 Å². The van der Waals surface area contributed by atoms with E-state index >= 15 is 0 Å². The van der Waals surface area contributed by atoms with Gasteiger partial charge in [0.25, 0.3) is 0 Å². The van der Waals surface area contributed by atoms with Crippen LogP contribution in [0.2, 0.25) is 0 Å². The molecule has 6 heteroatoms. The van der Waals surface area contributed by atoms with E-state index < -0.39 is 0 Å². The molecule has 0 saturated carbocycles. The van der Waals surface area contributed by atoms with E-state index in [1.165, 1.54) is 17.3 Å². The van der Waals surface area contributed by atoms with Crippen LogP contribution in [-0.2, 0) is 6.54 Å². The number of hydrogen-bond donors (Lipinski definition) is 1. The van der Waals surface area contributed by atoms with Crippen molar-refractivity contribution in [3.63, 3.8) is 0 Å². The van der Waals surface area contributed by atoms with Gasteiger partial charge in [-0.25, -0.2) is 0 Å². The Morgan fingerprint density at radius 1 is 1.43 bits per heavy atom. The third kappa shape index (κ3) is 3.43. The van der Waals surface area contributed by atoms with Crippen LogP contribution >= 0.6 is 35.7 Å². The summed E-state index contributed by atoms with van der Waals surface area (Å²) in [6, 6.07) is 6.19. The first-order chi connectivity index (χ1) is 10.3. The lowest BCUT2D eigenvalue weighted by molar-refractivity contribution is 0.320. The van der Waals surface area contributed by atoms with Gasteiger partial charge in [0.2, 0.25) is 0 Å². The molecule has 1 aromatic carbocycles. The van der Waals surface area contributed by atoms with Crippen molar-refractivity contribution in [2.24, 2.45) is 0 Å². The van der Waals surface area contributed by atoms with Crippen LogP contribution in [0.1, 0.15) is 13.3 Å². The first kappa shape index (κ1) is 15.3. The number of nitrogens with zero attached hydrogens (tertiary/aromatic N) is 1. The van der Waals surface area contributed by atoms with Crippen LogP contribution in [0.3, 0.4) is 0 Å². The minimum absolute atomic E-state index is 0.648. The van der Waals surface area contributed by atoms with Crippen molar-refractivity contribution in [3.05, 3.63) is 23.0 Å². The van der Waals surface area contributed by atoms with Crippen LogP contribution in [-0.4, -0.2) is 38.7 Å². The summed E-state index contributed by atoms with van der Waals surface area (Å²) in [5, 5.41) is 0.648. The molecule has 1 fully saturated rings. The highest BCUT2D eigenvalue weighted by molar-refractivity contribution is 8.06. The molecule has 1 atom stereocenters. The SMILES string of the molecule is CCCOc1cccc2c1[nH]c(=S)n2CC1CSCCS1. The Labute approximate surface area is 138 Å². The number of aromatic amines is 1. The van der Waals surface area contributed by atoms with Crippen LogP contribution in [0, 0.1) is 4.77 Å². The standard InChI is InChI=1S/C15H20N2OS3/c1-2-6-18-13-5-3-4-12-14(13)16-15(19)17(12)9-11-10-20-7-8-21-11/h3-5,11H,2,6-10H2,1H3,(H,16,19). The van der Waals surface area contributed by atoms with Crippen molar-refractivity contribution in [2.75, 3.05) is 23.9 Å². The van der Waals surface area contributed by atoms with Crippen molar-refractivity contribution < 1.29 is 4.74 Å². The van der Waals surface area contributed by atoms with Gasteiger partial charge in [0.1, 0.15) is 11.3 Å². The first-order valence-corrected chi connectivity index (χ1v) is 9.94. The van der Waals surface area contributed by atoms with Crippen molar-refractivity contribution >= 4 is 46.8 Å². The second-order valence-electron chi connectivity index (χ2n) is 5.11. The summed E-state index contributed by atoms with van der Waals surface area (Å²) in [6.07, 6.45) is 1.01. The van der Waals surface area contributed by atoms with Gasteiger partial charge < -0.3 is 14.3 Å². The zero-order valence-corrected chi connectivity index (χ0v) is 14.6. The lowest BCUT2D eigenvalue weighted by atomic mass is 10.3. The van der Waals surface area contributed by atoms with Gasteiger partial charge in [0.05, 0.1) is 12.1 Å². The number of H-pyrrole nitrogens is 1. The van der Waals surface area contributed by atoms with Gasteiger partial charge in [-0.1, -0.05) is 13.0 Å². The summed E-state index contributed by atoms with van der Waals surface area (Å²) in [7, 11) is 0. The molecule has 0 bridgehead atoms. The number of para-hydroxylation sites is 1. The van der Waals surface area contributed by atoms with E-state index in [0.717, 1.165) is 41.1 Å². The van der Waals surface area contributed by atoms with Crippen LogP contribution in [0.15, 0.2) is 18.2 Å². The predicted octanol–water partition coefficient (Wildman–Crippen LogP) is 4.34. The highest BCUT2D eigenvalue weighted by Crippen LogP contribution is 2.29. The Kier molecular flexibility index (Phi) is 5.19. The fourth-order valence-corrected chi connectivity index (χ4v) is 5.44. The van der Waals surface area contributed by atoms with Gasteiger partial charge in [-0.15, -0.1) is 0 Å². The molecule has 1 unspecified atom stereocenters. The maximum atomic E-state index is 5.83. The summed E-state index contributed by atoms with van der Waals surface area (Å²) in [4.78, 5) is 3.33. The average Bonchev–Trinajstić information content (AvgIpc) is 2.83. The van der Waals surface area contributed by atoms with E-state index in [0.29, 0.717) is 5.25 Å². The molecule has 1 aromatic heterocycles. The molecule has 2 heterocycles. The van der Waals surface area contributed by atoms with Crippen molar-refractivity contribution in [1.29, 1.82) is 0 Å². The Bertz CT molecular complexity index is 658. The third-order valence-electron chi connectivity index (χ3n) is 3.50. The van der Waals surface area contributed by atoms with E-state index in [4.69, 9.17) is 17.0 Å². The second-order valence-corrected chi connectivity index (χ2v) is 8.05. The number of thioether (sulfide) groups is 2. The Hall–Kier alpha value is -0.590. The van der Waals surface area contributed by atoms with Crippen molar-refractivity contribution in [2.45, 2.75) is 25.1 Å². The van der Waals surface area contributed by atoms with Gasteiger partial charge >= 0.3 is 0 Å². The summed E-state index contributed by atoms with van der Waals surface area (Å²) in [5.41, 5.74) is 2.19. The number of ether oxygens (including phenoxy) is 1. The average molecular weight is 341 g/mol. The Morgan fingerprint density at radius 2 is 2.33 bits per heavy atom. The molecule has 2 aromatic rings. The number of hydrogen-bond acceptors (Lipinski definition) is 4. The molecule has 21 heavy (non-hydrogen) atoms. The van der Waals surface area contributed by atoms with Crippen molar-refractivity contribution in [1.82, 2.24) is 9.55 Å². The number of aromatic nitrogens is 2. The van der Waals surface area contributed by atoms with Crippen LogP contribution in [0.4, 0.5) is 0 Å². The van der Waals surface area contributed by atoms with E-state index in [1.54, 1.807) is 0 Å². The minimum atomic E-state index is 0.648. The fraction of sp³-hybridized carbons (Fsp3) is 0.533. The Morgan fingerprint density at radius 3 is 3.10 bits per heavy atom. The third-order valence-corrected chi connectivity index (χ3v) is 6.65. The van der Waals surface area contributed by atoms with Gasteiger partial charge in [0, 0.05) is 29.1 Å². The maximum absolute atomic E-state index is 5.83. The smallest absolute Gasteiger partial charge is 0.178 e. The first-order valence-electron chi connectivity index (χ1n) is 7.33. The fourth-order valence-electron chi connectivity index (χ4n) is 2.51. The van der Waals surface area contributed by atoms with E-state index in [2.05, 4.69) is 40.4 Å². The molecule has 1 saturated heterocycles. The zero-order valence-electron chi connectivity index (χ0n) is 12.1. The Balaban J connectivity index is 1.91. The molecule has 3 nitrogen and oxygen atoms in total. The summed E-state index contributed by atoms with van der Waals surface area (Å²) in [5.74, 6) is 4.64. The number of benzene rings is 1. The van der Waals surface area contributed by atoms with Crippen LogP contribution in [0.25, 0.3) is 11.0 Å².